The van der Waals surface area contributed by atoms with E-state index in [1.165, 1.54) is 16.8 Å². The van der Waals surface area contributed by atoms with Crippen LogP contribution in [0.15, 0.2) is 52.9 Å². The van der Waals surface area contributed by atoms with E-state index in [0.717, 1.165) is 15.4 Å². The van der Waals surface area contributed by atoms with Crippen molar-refractivity contribution in [1.29, 1.82) is 0 Å². The highest BCUT2D eigenvalue weighted by atomic mass is 32.2. The fourth-order valence-corrected chi connectivity index (χ4v) is 4.24. The standard InChI is InChI=1S/C15H13FN2S2/c16-11-7-5-10(6-8-11)14(9-17)20-15-18-12-3-1-2-4-13(12)19-15/h1-8,14H,9,17H2. The molecule has 1 atom stereocenters. The molecule has 0 saturated carbocycles. The predicted octanol–water partition coefficient (Wildman–Crippen LogP) is 4.23. The van der Waals surface area contributed by atoms with Gasteiger partial charge in [0.25, 0.3) is 0 Å². The van der Waals surface area contributed by atoms with Gasteiger partial charge in [-0.1, -0.05) is 36.0 Å². The van der Waals surface area contributed by atoms with Gasteiger partial charge in [-0.2, -0.15) is 0 Å². The molecule has 0 aliphatic rings. The molecule has 0 fully saturated rings. The summed E-state index contributed by atoms with van der Waals surface area (Å²) in [6.07, 6.45) is 0. The van der Waals surface area contributed by atoms with Crippen molar-refractivity contribution in [1.82, 2.24) is 4.98 Å². The Balaban J connectivity index is 1.85. The van der Waals surface area contributed by atoms with E-state index in [2.05, 4.69) is 11.1 Å². The molecule has 0 aliphatic heterocycles. The molecule has 2 nitrogen and oxygen atoms in total. The van der Waals surface area contributed by atoms with Crippen molar-refractivity contribution in [2.24, 2.45) is 5.73 Å². The maximum absolute atomic E-state index is 13.0. The predicted molar refractivity (Wildman–Crippen MR) is 83.7 cm³/mol. The number of fused-ring (bicyclic) bond motifs is 1. The Morgan fingerprint density at radius 3 is 2.60 bits per heavy atom. The number of hydrogen-bond acceptors (Lipinski definition) is 4. The second kappa shape index (κ2) is 5.91. The summed E-state index contributed by atoms with van der Waals surface area (Å²) >= 11 is 3.29. The van der Waals surface area contributed by atoms with E-state index < -0.39 is 0 Å². The van der Waals surface area contributed by atoms with Crippen LogP contribution in [-0.2, 0) is 0 Å². The monoisotopic (exact) mass is 304 g/mol. The van der Waals surface area contributed by atoms with E-state index in [4.69, 9.17) is 5.73 Å². The maximum Gasteiger partial charge on any atom is 0.151 e. The van der Waals surface area contributed by atoms with Gasteiger partial charge in [0.05, 0.1) is 10.2 Å². The Morgan fingerprint density at radius 2 is 1.90 bits per heavy atom. The first-order valence-corrected chi connectivity index (χ1v) is 7.93. The lowest BCUT2D eigenvalue weighted by molar-refractivity contribution is 0.627. The second-order valence-electron chi connectivity index (χ2n) is 4.34. The fraction of sp³-hybridized carbons (Fsp3) is 0.133. The van der Waals surface area contributed by atoms with Crippen molar-refractivity contribution in [2.45, 2.75) is 9.59 Å². The Labute approximate surface area is 124 Å². The highest BCUT2D eigenvalue weighted by Crippen LogP contribution is 2.38. The van der Waals surface area contributed by atoms with Gasteiger partial charge in [-0.3, -0.25) is 0 Å². The quantitative estimate of drug-likeness (QED) is 0.733. The Morgan fingerprint density at radius 1 is 1.15 bits per heavy atom. The van der Waals surface area contributed by atoms with Crippen LogP contribution in [0.5, 0.6) is 0 Å². The zero-order valence-corrected chi connectivity index (χ0v) is 12.3. The van der Waals surface area contributed by atoms with Crippen molar-refractivity contribution in [3.05, 3.63) is 59.9 Å². The molecule has 1 aromatic heterocycles. The van der Waals surface area contributed by atoms with Gasteiger partial charge in [0.2, 0.25) is 0 Å². The van der Waals surface area contributed by atoms with Crippen molar-refractivity contribution < 1.29 is 4.39 Å². The van der Waals surface area contributed by atoms with E-state index in [0.29, 0.717) is 6.54 Å². The lowest BCUT2D eigenvalue weighted by atomic mass is 10.1. The second-order valence-corrected chi connectivity index (χ2v) is 6.82. The van der Waals surface area contributed by atoms with Crippen LogP contribution >= 0.6 is 23.1 Å². The third-order valence-corrected chi connectivity index (χ3v) is 5.38. The molecule has 3 rings (SSSR count). The molecular weight excluding hydrogens is 291 g/mol. The molecular formula is C15H13FN2S2. The largest absolute Gasteiger partial charge is 0.329 e. The van der Waals surface area contributed by atoms with Crippen LogP contribution < -0.4 is 5.73 Å². The van der Waals surface area contributed by atoms with Crippen molar-refractivity contribution in [3.63, 3.8) is 0 Å². The number of para-hydroxylation sites is 1. The molecule has 2 aromatic carbocycles. The third-order valence-electron chi connectivity index (χ3n) is 2.97. The number of nitrogens with zero attached hydrogens (tertiary/aromatic N) is 1. The summed E-state index contributed by atoms with van der Waals surface area (Å²) < 4.78 is 15.1. The molecule has 0 amide bonds. The van der Waals surface area contributed by atoms with Crippen LogP contribution in [0.1, 0.15) is 10.8 Å². The lowest BCUT2D eigenvalue weighted by Crippen LogP contribution is -2.09. The Hall–Kier alpha value is -1.43. The fourth-order valence-electron chi connectivity index (χ4n) is 1.95. The van der Waals surface area contributed by atoms with Gasteiger partial charge >= 0.3 is 0 Å². The lowest BCUT2D eigenvalue weighted by Gasteiger charge is -2.12. The van der Waals surface area contributed by atoms with Gasteiger partial charge in [-0.15, -0.1) is 11.3 Å². The van der Waals surface area contributed by atoms with Gasteiger partial charge in [0.15, 0.2) is 4.34 Å². The number of thiazole rings is 1. The first-order chi connectivity index (χ1) is 9.76. The number of nitrogens with two attached hydrogens (primary N) is 1. The van der Waals surface area contributed by atoms with Crippen LogP contribution in [0.3, 0.4) is 0 Å². The van der Waals surface area contributed by atoms with E-state index in [1.807, 2.05) is 18.2 Å². The number of hydrogen-bond donors (Lipinski definition) is 1. The molecule has 0 spiro atoms. The molecule has 5 heteroatoms. The average Bonchev–Trinajstić information content (AvgIpc) is 2.88. The molecule has 0 radical (unpaired) electrons. The average molecular weight is 304 g/mol. The van der Waals surface area contributed by atoms with Gasteiger partial charge in [-0.05, 0) is 29.8 Å². The van der Waals surface area contributed by atoms with E-state index in [9.17, 15) is 4.39 Å². The highest BCUT2D eigenvalue weighted by Gasteiger charge is 2.14. The minimum Gasteiger partial charge on any atom is -0.329 e. The summed E-state index contributed by atoms with van der Waals surface area (Å²) in [5, 5.41) is 0.0937. The minimum absolute atomic E-state index is 0.0937. The van der Waals surface area contributed by atoms with Crippen molar-refractivity contribution in [2.75, 3.05) is 6.54 Å². The summed E-state index contributed by atoms with van der Waals surface area (Å²) in [5.41, 5.74) is 7.88. The first-order valence-electron chi connectivity index (χ1n) is 6.24. The Kier molecular flexibility index (Phi) is 4.00. The Bertz CT molecular complexity index is 676. The van der Waals surface area contributed by atoms with Crippen molar-refractivity contribution >= 4 is 33.3 Å². The summed E-state index contributed by atoms with van der Waals surface area (Å²) in [5.74, 6) is -0.227. The topological polar surface area (TPSA) is 38.9 Å². The number of aromatic nitrogens is 1. The number of thioether (sulfide) groups is 1. The van der Waals surface area contributed by atoms with Crippen LogP contribution in [0.4, 0.5) is 4.39 Å². The van der Waals surface area contributed by atoms with Gasteiger partial charge in [0.1, 0.15) is 5.82 Å². The summed E-state index contributed by atoms with van der Waals surface area (Å²) in [6.45, 7) is 0.492. The van der Waals surface area contributed by atoms with Crippen LogP contribution in [0.25, 0.3) is 10.2 Å². The molecule has 0 saturated heterocycles. The molecule has 1 heterocycles. The first kappa shape index (κ1) is 13.5. The van der Waals surface area contributed by atoms with Crippen LogP contribution in [-0.4, -0.2) is 11.5 Å². The molecule has 102 valence electrons. The molecule has 2 N–H and O–H groups in total. The highest BCUT2D eigenvalue weighted by molar-refractivity contribution is 8.01. The van der Waals surface area contributed by atoms with Crippen molar-refractivity contribution in [3.8, 4) is 0 Å². The SMILES string of the molecule is NCC(Sc1nc2ccccc2s1)c1ccc(F)cc1. The van der Waals surface area contributed by atoms with Crippen LogP contribution in [0.2, 0.25) is 0 Å². The molecule has 0 aliphatic carbocycles. The normalized spacial score (nSPS) is 12.7. The molecule has 1 unspecified atom stereocenters. The van der Waals surface area contributed by atoms with Gasteiger partial charge in [0, 0.05) is 11.8 Å². The van der Waals surface area contributed by atoms with Gasteiger partial charge < -0.3 is 5.73 Å². The van der Waals surface area contributed by atoms with E-state index in [-0.39, 0.29) is 11.1 Å². The summed E-state index contributed by atoms with van der Waals surface area (Å²) in [6, 6.07) is 14.6. The van der Waals surface area contributed by atoms with Gasteiger partial charge in [-0.25, -0.2) is 9.37 Å². The molecule has 0 bridgehead atoms. The van der Waals surface area contributed by atoms with Crippen LogP contribution in [0, 0.1) is 5.82 Å². The van der Waals surface area contributed by atoms with E-state index in [1.54, 1.807) is 35.2 Å². The molecule has 20 heavy (non-hydrogen) atoms. The maximum atomic E-state index is 13.0. The van der Waals surface area contributed by atoms with E-state index >= 15 is 0 Å². The number of halogens is 1. The minimum atomic E-state index is -0.227. The summed E-state index contributed by atoms with van der Waals surface area (Å²) in [4.78, 5) is 4.60. The summed E-state index contributed by atoms with van der Waals surface area (Å²) in [7, 11) is 0. The zero-order valence-electron chi connectivity index (χ0n) is 10.6. The zero-order chi connectivity index (χ0) is 13.9. The smallest absolute Gasteiger partial charge is 0.151 e. The third kappa shape index (κ3) is 2.85. The number of rotatable bonds is 4. The number of benzene rings is 2. The molecule has 3 aromatic rings.